The Balaban J connectivity index is 6.47. The lowest BCUT2D eigenvalue weighted by molar-refractivity contribution is 0.332. The molecule has 0 radical (unpaired) electrons. The van der Waals surface area contributed by atoms with E-state index >= 15 is 0 Å². The lowest BCUT2D eigenvalue weighted by Gasteiger charge is -2.41. The predicted molar refractivity (Wildman–Crippen MR) is 108 cm³/mol. The third-order valence-electron chi connectivity index (χ3n) is 5.60. The highest BCUT2D eigenvalue weighted by molar-refractivity contribution is 5.33. The molecule has 0 bridgehead atoms. The fourth-order valence-corrected chi connectivity index (χ4v) is 3.40. The summed E-state index contributed by atoms with van der Waals surface area (Å²) in [6.45, 7) is 24.7. The molecule has 2 atom stereocenters. The Labute approximate surface area is 146 Å². The molecular weight excluding hydrogens is 276 g/mol. The molecule has 132 valence electrons. The minimum Gasteiger partial charge on any atom is -0.0998 e. The zero-order chi connectivity index (χ0) is 18.2. The van der Waals surface area contributed by atoms with Gasteiger partial charge in [-0.15, -0.1) is 0 Å². The molecule has 0 saturated carbocycles. The summed E-state index contributed by atoms with van der Waals surface area (Å²) >= 11 is 0. The maximum Gasteiger partial charge on any atom is 0.0193 e. The quantitative estimate of drug-likeness (QED) is 0.377. The summed E-state index contributed by atoms with van der Waals surface area (Å²) in [5.41, 5.74) is 7.36. The van der Waals surface area contributed by atoms with Crippen molar-refractivity contribution in [2.75, 3.05) is 0 Å². The van der Waals surface area contributed by atoms with Crippen LogP contribution in [0, 0.1) is 11.3 Å². The Morgan fingerprint density at radius 2 is 1.61 bits per heavy atom. The van der Waals surface area contributed by atoms with Gasteiger partial charge in [0.1, 0.15) is 0 Å². The number of rotatable bonds is 9. The fourth-order valence-electron chi connectivity index (χ4n) is 3.40. The SMILES string of the molecule is C=C(C)C(C)C(C=C(C)CC)(CC(C)=CC)C(C)=C(C)CCC. The van der Waals surface area contributed by atoms with E-state index in [9.17, 15) is 0 Å². The first-order chi connectivity index (χ1) is 10.7. The molecule has 23 heavy (non-hydrogen) atoms. The summed E-state index contributed by atoms with van der Waals surface area (Å²) in [7, 11) is 0. The molecule has 0 aromatic heterocycles. The number of hydrogen-bond donors (Lipinski definition) is 0. The van der Waals surface area contributed by atoms with Gasteiger partial charge in [-0.2, -0.15) is 0 Å². The summed E-state index contributed by atoms with van der Waals surface area (Å²) in [4.78, 5) is 0. The van der Waals surface area contributed by atoms with Crippen molar-refractivity contribution in [3.05, 3.63) is 46.6 Å². The van der Waals surface area contributed by atoms with Gasteiger partial charge in [-0.1, -0.05) is 73.8 Å². The van der Waals surface area contributed by atoms with E-state index in [1.54, 1.807) is 11.1 Å². The first-order valence-electron chi connectivity index (χ1n) is 9.28. The monoisotopic (exact) mass is 316 g/mol. The van der Waals surface area contributed by atoms with Gasteiger partial charge in [0.05, 0.1) is 0 Å². The third kappa shape index (κ3) is 5.83. The zero-order valence-electron chi connectivity index (χ0n) is 17.3. The van der Waals surface area contributed by atoms with Gasteiger partial charge in [0.25, 0.3) is 0 Å². The fraction of sp³-hybridized carbons (Fsp3) is 0.652. The molecule has 0 aliphatic carbocycles. The largest absolute Gasteiger partial charge is 0.0998 e. The summed E-state index contributed by atoms with van der Waals surface area (Å²) in [6, 6.07) is 0. The highest BCUT2D eigenvalue weighted by Gasteiger charge is 2.37. The van der Waals surface area contributed by atoms with E-state index in [0.717, 1.165) is 12.8 Å². The molecule has 0 rings (SSSR count). The van der Waals surface area contributed by atoms with Gasteiger partial charge in [0.15, 0.2) is 0 Å². The molecule has 0 heterocycles. The van der Waals surface area contributed by atoms with Crippen molar-refractivity contribution in [1.82, 2.24) is 0 Å². The molecule has 0 aliphatic rings. The number of allylic oxidation sites excluding steroid dienone is 7. The predicted octanol–water partition coefficient (Wildman–Crippen LogP) is 8.03. The van der Waals surface area contributed by atoms with Gasteiger partial charge in [0.2, 0.25) is 0 Å². The average Bonchev–Trinajstić information content (AvgIpc) is 2.52. The average molecular weight is 317 g/mol. The third-order valence-corrected chi connectivity index (χ3v) is 5.60. The van der Waals surface area contributed by atoms with Crippen LogP contribution < -0.4 is 0 Å². The van der Waals surface area contributed by atoms with Crippen LogP contribution in [0.4, 0.5) is 0 Å². The van der Waals surface area contributed by atoms with Crippen LogP contribution in [0.2, 0.25) is 0 Å². The number of hydrogen-bond acceptors (Lipinski definition) is 0. The van der Waals surface area contributed by atoms with Crippen LogP contribution >= 0.6 is 0 Å². The summed E-state index contributed by atoms with van der Waals surface area (Å²) in [5.74, 6) is 0.436. The minimum atomic E-state index is 0.0573. The second-order valence-electron chi connectivity index (χ2n) is 7.42. The van der Waals surface area contributed by atoms with Crippen molar-refractivity contribution in [1.29, 1.82) is 0 Å². The van der Waals surface area contributed by atoms with E-state index in [4.69, 9.17) is 0 Å². The Kier molecular flexibility index (Phi) is 9.51. The van der Waals surface area contributed by atoms with E-state index in [-0.39, 0.29) is 5.41 Å². The Morgan fingerprint density at radius 3 is 2.00 bits per heavy atom. The highest BCUT2D eigenvalue weighted by atomic mass is 14.4. The lowest BCUT2D eigenvalue weighted by Crippen LogP contribution is -2.31. The van der Waals surface area contributed by atoms with Gasteiger partial charge < -0.3 is 0 Å². The van der Waals surface area contributed by atoms with Crippen molar-refractivity contribution in [3.8, 4) is 0 Å². The Morgan fingerprint density at radius 1 is 1.04 bits per heavy atom. The van der Waals surface area contributed by atoms with Crippen LogP contribution in [0.3, 0.4) is 0 Å². The molecule has 0 aromatic carbocycles. The molecule has 0 nitrogen and oxygen atoms in total. The van der Waals surface area contributed by atoms with E-state index in [1.165, 1.54) is 29.6 Å². The lowest BCUT2D eigenvalue weighted by atomic mass is 9.63. The van der Waals surface area contributed by atoms with Crippen LogP contribution in [0.25, 0.3) is 0 Å². The molecule has 0 N–H and O–H groups in total. The summed E-state index contributed by atoms with van der Waals surface area (Å²) < 4.78 is 0. The topological polar surface area (TPSA) is 0 Å². The Bertz CT molecular complexity index is 484. The highest BCUT2D eigenvalue weighted by Crippen LogP contribution is 2.48. The van der Waals surface area contributed by atoms with Gasteiger partial charge in [-0.3, -0.25) is 0 Å². The van der Waals surface area contributed by atoms with E-state index in [2.05, 4.69) is 81.0 Å². The Hall–Kier alpha value is -1.04. The molecule has 0 saturated heterocycles. The van der Waals surface area contributed by atoms with Crippen LogP contribution in [-0.4, -0.2) is 0 Å². The molecule has 0 fully saturated rings. The van der Waals surface area contributed by atoms with E-state index in [0.29, 0.717) is 5.92 Å². The minimum absolute atomic E-state index is 0.0573. The molecule has 0 aliphatic heterocycles. The molecule has 0 amide bonds. The first kappa shape index (κ1) is 22.0. The van der Waals surface area contributed by atoms with Crippen LogP contribution in [0.15, 0.2) is 46.6 Å². The van der Waals surface area contributed by atoms with Crippen LogP contribution in [-0.2, 0) is 0 Å². The first-order valence-corrected chi connectivity index (χ1v) is 9.28. The van der Waals surface area contributed by atoms with Crippen molar-refractivity contribution in [3.63, 3.8) is 0 Å². The zero-order valence-corrected chi connectivity index (χ0v) is 17.3. The summed E-state index contributed by atoms with van der Waals surface area (Å²) in [5, 5.41) is 0. The van der Waals surface area contributed by atoms with Crippen LogP contribution in [0.1, 0.15) is 88.0 Å². The second-order valence-corrected chi connectivity index (χ2v) is 7.42. The van der Waals surface area contributed by atoms with Crippen molar-refractivity contribution in [2.45, 2.75) is 88.0 Å². The van der Waals surface area contributed by atoms with Crippen molar-refractivity contribution >= 4 is 0 Å². The molecule has 0 spiro atoms. The van der Waals surface area contributed by atoms with Crippen molar-refractivity contribution < 1.29 is 0 Å². The molecule has 0 aromatic rings. The molecule has 0 heteroatoms. The maximum absolute atomic E-state index is 4.30. The molecular formula is C23H40. The van der Waals surface area contributed by atoms with Gasteiger partial charge >= 0.3 is 0 Å². The smallest absolute Gasteiger partial charge is 0.0193 e. The van der Waals surface area contributed by atoms with E-state index < -0.39 is 0 Å². The molecule has 2 unspecified atom stereocenters. The van der Waals surface area contributed by atoms with Gasteiger partial charge in [0, 0.05) is 5.41 Å². The second kappa shape index (κ2) is 9.96. The van der Waals surface area contributed by atoms with Gasteiger partial charge in [-0.25, -0.2) is 0 Å². The van der Waals surface area contributed by atoms with E-state index in [1.807, 2.05) is 0 Å². The van der Waals surface area contributed by atoms with Crippen LogP contribution in [0.5, 0.6) is 0 Å². The van der Waals surface area contributed by atoms with Gasteiger partial charge in [-0.05, 0) is 66.7 Å². The summed E-state index contributed by atoms with van der Waals surface area (Å²) in [6.07, 6.45) is 9.40. The normalized spacial score (nSPS) is 18.3. The maximum atomic E-state index is 4.30. The van der Waals surface area contributed by atoms with Crippen molar-refractivity contribution in [2.24, 2.45) is 11.3 Å². The standard InChI is InChI=1S/C23H40/c1-11-14-20(8)22(10)23(15-18(6)12-2,16-19(7)13-3)21(9)17(4)5/h12,16,21H,4,11,13-15H2,1-3,5-10H3.